The van der Waals surface area contributed by atoms with Crippen LogP contribution in [-0.2, 0) is 22.1 Å². The molecule has 0 fully saturated rings. The van der Waals surface area contributed by atoms with Gasteiger partial charge < -0.3 is 9.64 Å². The zero-order chi connectivity index (χ0) is 17.7. The number of hydrogen-bond acceptors (Lipinski definition) is 4. The second kappa shape index (κ2) is 7.49. The SMILES string of the molecule is COc1ccccc1CN(C)C(=O)c1cccc(CS(C)(=O)=O)c1. The van der Waals surface area contributed by atoms with Crippen LogP contribution in [0.4, 0.5) is 0 Å². The average Bonchev–Trinajstić information content (AvgIpc) is 2.53. The Bertz CT molecular complexity index is 830. The number of amides is 1. The summed E-state index contributed by atoms with van der Waals surface area (Å²) in [4.78, 5) is 14.2. The Balaban J connectivity index is 2.17. The molecule has 0 saturated heterocycles. The summed E-state index contributed by atoms with van der Waals surface area (Å²) in [7, 11) is 0.160. The summed E-state index contributed by atoms with van der Waals surface area (Å²) in [6, 6.07) is 14.2. The van der Waals surface area contributed by atoms with Crippen molar-refractivity contribution in [3.63, 3.8) is 0 Å². The van der Waals surface area contributed by atoms with Crippen molar-refractivity contribution in [2.75, 3.05) is 20.4 Å². The molecule has 0 radical (unpaired) electrons. The zero-order valence-electron chi connectivity index (χ0n) is 14.0. The summed E-state index contributed by atoms with van der Waals surface area (Å²) in [6.45, 7) is 0.402. The first-order chi connectivity index (χ1) is 11.3. The Kier molecular flexibility index (Phi) is 5.62. The highest BCUT2D eigenvalue weighted by molar-refractivity contribution is 7.89. The van der Waals surface area contributed by atoms with Gasteiger partial charge in [0, 0.05) is 31.0 Å². The van der Waals surface area contributed by atoms with Crippen molar-refractivity contribution < 1.29 is 17.9 Å². The van der Waals surface area contributed by atoms with Crippen molar-refractivity contribution in [1.29, 1.82) is 0 Å². The fourth-order valence-electron chi connectivity index (χ4n) is 2.48. The molecule has 5 nitrogen and oxygen atoms in total. The van der Waals surface area contributed by atoms with Crippen LogP contribution in [0.3, 0.4) is 0 Å². The first-order valence-electron chi connectivity index (χ1n) is 7.44. The Labute approximate surface area is 142 Å². The van der Waals surface area contributed by atoms with Crippen LogP contribution >= 0.6 is 0 Å². The second-order valence-corrected chi connectivity index (χ2v) is 7.88. The number of rotatable bonds is 6. The number of benzene rings is 2. The number of ether oxygens (including phenoxy) is 1. The standard InChI is InChI=1S/C18H21NO4S/c1-19(12-16-8-4-5-10-17(16)23-2)18(20)15-9-6-7-14(11-15)13-24(3,21)22/h4-11H,12-13H2,1-3H3. The van der Waals surface area contributed by atoms with Gasteiger partial charge >= 0.3 is 0 Å². The summed E-state index contributed by atoms with van der Waals surface area (Å²) in [5.41, 5.74) is 1.98. The van der Waals surface area contributed by atoms with Gasteiger partial charge in [0.1, 0.15) is 5.75 Å². The zero-order valence-corrected chi connectivity index (χ0v) is 14.8. The smallest absolute Gasteiger partial charge is 0.253 e. The Morgan fingerprint density at radius 3 is 2.50 bits per heavy atom. The summed E-state index contributed by atoms with van der Waals surface area (Å²) >= 11 is 0. The van der Waals surface area contributed by atoms with E-state index in [-0.39, 0.29) is 11.7 Å². The van der Waals surface area contributed by atoms with Gasteiger partial charge in [-0.25, -0.2) is 8.42 Å². The lowest BCUT2D eigenvalue weighted by molar-refractivity contribution is 0.0784. The lowest BCUT2D eigenvalue weighted by Crippen LogP contribution is -2.26. The van der Waals surface area contributed by atoms with E-state index in [9.17, 15) is 13.2 Å². The van der Waals surface area contributed by atoms with Gasteiger partial charge in [0.25, 0.3) is 5.91 Å². The van der Waals surface area contributed by atoms with E-state index in [1.165, 1.54) is 6.26 Å². The molecule has 0 aromatic heterocycles. The minimum Gasteiger partial charge on any atom is -0.496 e. The van der Waals surface area contributed by atoms with Crippen LogP contribution < -0.4 is 4.74 Å². The predicted octanol–water partition coefficient (Wildman–Crippen LogP) is 2.51. The van der Waals surface area contributed by atoms with E-state index in [4.69, 9.17) is 4.74 Å². The number of methoxy groups -OCH3 is 1. The number of hydrogen-bond donors (Lipinski definition) is 0. The van der Waals surface area contributed by atoms with E-state index in [0.29, 0.717) is 17.7 Å². The molecule has 0 bridgehead atoms. The van der Waals surface area contributed by atoms with Gasteiger partial charge in [0.2, 0.25) is 0 Å². The highest BCUT2D eigenvalue weighted by Gasteiger charge is 2.15. The van der Waals surface area contributed by atoms with Crippen molar-refractivity contribution in [2.45, 2.75) is 12.3 Å². The van der Waals surface area contributed by atoms with E-state index in [1.54, 1.807) is 43.3 Å². The molecule has 0 aliphatic heterocycles. The number of para-hydroxylation sites is 1. The predicted molar refractivity (Wildman–Crippen MR) is 93.8 cm³/mol. The molecule has 0 heterocycles. The normalized spacial score (nSPS) is 11.1. The van der Waals surface area contributed by atoms with Gasteiger partial charge in [0.15, 0.2) is 9.84 Å². The van der Waals surface area contributed by atoms with Crippen LogP contribution in [0.5, 0.6) is 5.75 Å². The summed E-state index contributed by atoms with van der Waals surface area (Å²) in [5.74, 6) is 0.476. The fraction of sp³-hybridized carbons (Fsp3) is 0.278. The molecular weight excluding hydrogens is 326 g/mol. The van der Waals surface area contributed by atoms with Crippen molar-refractivity contribution in [2.24, 2.45) is 0 Å². The van der Waals surface area contributed by atoms with Crippen LogP contribution in [0.15, 0.2) is 48.5 Å². The van der Waals surface area contributed by atoms with Crippen molar-refractivity contribution in [1.82, 2.24) is 4.90 Å². The van der Waals surface area contributed by atoms with Crippen LogP contribution in [0.1, 0.15) is 21.5 Å². The summed E-state index contributed by atoms with van der Waals surface area (Å²) < 4.78 is 28.1. The Morgan fingerprint density at radius 2 is 1.83 bits per heavy atom. The van der Waals surface area contributed by atoms with Crippen LogP contribution in [-0.4, -0.2) is 39.6 Å². The third-order valence-corrected chi connectivity index (χ3v) is 4.41. The van der Waals surface area contributed by atoms with E-state index >= 15 is 0 Å². The van der Waals surface area contributed by atoms with Crippen LogP contribution in [0.25, 0.3) is 0 Å². The maximum absolute atomic E-state index is 12.6. The molecule has 2 rings (SSSR count). The molecule has 0 saturated carbocycles. The maximum atomic E-state index is 12.6. The highest BCUT2D eigenvalue weighted by atomic mass is 32.2. The molecule has 24 heavy (non-hydrogen) atoms. The van der Waals surface area contributed by atoms with Crippen molar-refractivity contribution in [3.8, 4) is 5.75 Å². The number of nitrogens with zero attached hydrogens (tertiary/aromatic N) is 1. The van der Waals surface area contributed by atoms with Crippen molar-refractivity contribution in [3.05, 3.63) is 65.2 Å². The molecule has 6 heteroatoms. The minimum atomic E-state index is -3.14. The summed E-state index contributed by atoms with van der Waals surface area (Å²) in [5, 5.41) is 0. The first-order valence-corrected chi connectivity index (χ1v) is 9.50. The highest BCUT2D eigenvalue weighted by Crippen LogP contribution is 2.20. The molecule has 0 N–H and O–H groups in total. The third kappa shape index (κ3) is 4.83. The quantitative estimate of drug-likeness (QED) is 0.805. The average molecular weight is 347 g/mol. The van der Waals surface area contributed by atoms with Gasteiger partial charge in [-0.2, -0.15) is 0 Å². The monoisotopic (exact) mass is 347 g/mol. The van der Waals surface area contributed by atoms with E-state index in [1.807, 2.05) is 24.3 Å². The molecule has 0 spiro atoms. The van der Waals surface area contributed by atoms with Gasteiger partial charge in [-0.1, -0.05) is 30.3 Å². The molecule has 2 aromatic rings. The molecule has 128 valence electrons. The minimum absolute atomic E-state index is 0.0790. The summed E-state index contributed by atoms with van der Waals surface area (Å²) in [6.07, 6.45) is 1.18. The van der Waals surface area contributed by atoms with Crippen LogP contribution in [0, 0.1) is 0 Å². The Hall–Kier alpha value is -2.34. The second-order valence-electron chi connectivity index (χ2n) is 5.74. The van der Waals surface area contributed by atoms with E-state index in [2.05, 4.69) is 0 Å². The molecular formula is C18H21NO4S. The molecule has 2 aromatic carbocycles. The van der Waals surface area contributed by atoms with Crippen molar-refractivity contribution >= 4 is 15.7 Å². The maximum Gasteiger partial charge on any atom is 0.253 e. The van der Waals surface area contributed by atoms with Gasteiger partial charge in [-0.3, -0.25) is 4.79 Å². The first kappa shape index (κ1) is 18.0. The topological polar surface area (TPSA) is 63.7 Å². The molecule has 0 atom stereocenters. The largest absolute Gasteiger partial charge is 0.496 e. The fourth-order valence-corrected chi connectivity index (χ4v) is 3.26. The number of carbonyl (C=O) groups excluding carboxylic acids is 1. The molecule has 0 aliphatic carbocycles. The lowest BCUT2D eigenvalue weighted by Gasteiger charge is -2.19. The Morgan fingerprint density at radius 1 is 1.12 bits per heavy atom. The van der Waals surface area contributed by atoms with Gasteiger partial charge in [-0.15, -0.1) is 0 Å². The lowest BCUT2D eigenvalue weighted by atomic mass is 10.1. The molecule has 1 amide bonds. The van der Waals surface area contributed by atoms with E-state index in [0.717, 1.165) is 11.3 Å². The van der Waals surface area contributed by atoms with Crippen LogP contribution in [0.2, 0.25) is 0 Å². The number of sulfone groups is 1. The number of carbonyl (C=O) groups is 1. The van der Waals surface area contributed by atoms with E-state index < -0.39 is 9.84 Å². The molecule has 0 aliphatic rings. The van der Waals surface area contributed by atoms with Gasteiger partial charge in [-0.05, 0) is 23.8 Å². The van der Waals surface area contributed by atoms with Gasteiger partial charge in [0.05, 0.1) is 12.9 Å². The molecule has 0 unspecified atom stereocenters. The third-order valence-electron chi connectivity index (χ3n) is 3.55.